The Morgan fingerprint density at radius 2 is 2.04 bits per heavy atom. The van der Waals surface area contributed by atoms with Crippen LogP contribution in [0.2, 0.25) is 0 Å². The molecule has 134 valence electrons. The van der Waals surface area contributed by atoms with Crippen molar-refractivity contribution >= 4 is 11.7 Å². The fourth-order valence-electron chi connectivity index (χ4n) is 2.41. The number of nitrogens with one attached hydrogen (secondary N) is 2. The monoisotopic (exact) mass is 367 g/mol. The lowest BCUT2D eigenvalue weighted by Gasteiger charge is -2.05. The number of imidazole rings is 1. The Hall–Kier alpha value is -3.95. The highest BCUT2D eigenvalue weighted by Gasteiger charge is 2.15. The van der Waals surface area contributed by atoms with Gasteiger partial charge < -0.3 is 5.32 Å². The minimum atomic E-state index is -0.769. The molecule has 0 aliphatic heterocycles. The molecule has 0 spiro atoms. The normalized spacial score (nSPS) is 10.7. The van der Waals surface area contributed by atoms with Gasteiger partial charge in [0.25, 0.3) is 5.91 Å². The molecule has 0 saturated carbocycles. The van der Waals surface area contributed by atoms with Crippen LogP contribution in [0.25, 0.3) is 17.1 Å². The van der Waals surface area contributed by atoms with Gasteiger partial charge in [0.05, 0.1) is 5.69 Å². The van der Waals surface area contributed by atoms with Crippen molar-refractivity contribution in [1.82, 2.24) is 29.7 Å². The first-order chi connectivity index (χ1) is 13.1. The average Bonchev–Trinajstić information content (AvgIpc) is 3.34. The van der Waals surface area contributed by atoms with E-state index in [0.717, 1.165) is 12.1 Å². The van der Waals surface area contributed by atoms with E-state index in [4.69, 9.17) is 0 Å². The molecule has 0 fully saturated rings. The van der Waals surface area contributed by atoms with Crippen LogP contribution in [0, 0.1) is 11.6 Å². The summed E-state index contributed by atoms with van der Waals surface area (Å²) in [4.78, 5) is 24.4. The molecule has 3 heterocycles. The van der Waals surface area contributed by atoms with Crippen molar-refractivity contribution in [3.63, 3.8) is 0 Å². The zero-order valence-corrected chi connectivity index (χ0v) is 13.6. The quantitative estimate of drug-likeness (QED) is 0.577. The van der Waals surface area contributed by atoms with E-state index in [1.165, 1.54) is 18.5 Å². The van der Waals surface area contributed by atoms with Crippen LogP contribution in [-0.2, 0) is 0 Å². The SMILES string of the molecule is O=C(Nc1cc(-n2ccnc2)ncn1)c1cc(-c2ccc(F)cc2F)n[nH]1. The van der Waals surface area contributed by atoms with Crippen LogP contribution in [0.15, 0.2) is 55.4 Å². The molecule has 4 aromatic rings. The zero-order valence-electron chi connectivity index (χ0n) is 13.6. The molecule has 0 atom stereocenters. The Balaban J connectivity index is 1.54. The van der Waals surface area contributed by atoms with Gasteiger partial charge in [0.1, 0.15) is 41.6 Å². The number of halogens is 2. The Labute approximate surface area is 150 Å². The summed E-state index contributed by atoms with van der Waals surface area (Å²) in [6.07, 6.45) is 6.16. The first kappa shape index (κ1) is 16.5. The van der Waals surface area contributed by atoms with Gasteiger partial charge in [0.2, 0.25) is 0 Å². The number of anilines is 1. The highest BCUT2D eigenvalue weighted by Crippen LogP contribution is 2.22. The number of aromatic nitrogens is 6. The topological polar surface area (TPSA) is 101 Å². The summed E-state index contributed by atoms with van der Waals surface area (Å²) >= 11 is 0. The highest BCUT2D eigenvalue weighted by molar-refractivity contribution is 6.03. The van der Waals surface area contributed by atoms with Crippen LogP contribution in [-0.4, -0.2) is 35.6 Å². The van der Waals surface area contributed by atoms with Gasteiger partial charge in [-0.25, -0.2) is 23.7 Å². The summed E-state index contributed by atoms with van der Waals surface area (Å²) in [5, 5.41) is 9.03. The summed E-state index contributed by atoms with van der Waals surface area (Å²) in [5.41, 5.74) is 0.354. The molecule has 0 unspecified atom stereocenters. The number of carbonyl (C=O) groups excluding carboxylic acids is 1. The first-order valence-electron chi connectivity index (χ1n) is 7.73. The third-order valence-corrected chi connectivity index (χ3v) is 3.69. The maximum Gasteiger partial charge on any atom is 0.274 e. The molecule has 0 bridgehead atoms. The molecule has 0 aliphatic carbocycles. The van der Waals surface area contributed by atoms with Gasteiger partial charge in [-0.1, -0.05) is 0 Å². The largest absolute Gasteiger partial charge is 0.305 e. The van der Waals surface area contributed by atoms with Crippen LogP contribution < -0.4 is 5.32 Å². The van der Waals surface area contributed by atoms with E-state index >= 15 is 0 Å². The fraction of sp³-hybridized carbons (Fsp3) is 0. The predicted molar refractivity (Wildman–Crippen MR) is 91.0 cm³/mol. The number of carbonyl (C=O) groups is 1. The molecule has 10 heteroatoms. The summed E-state index contributed by atoms with van der Waals surface area (Å²) in [7, 11) is 0. The number of amides is 1. The summed E-state index contributed by atoms with van der Waals surface area (Å²) in [5.74, 6) is -1.19. The maximum atomic E-state index is 13.9. The lowest BCUT2D eigenvalue weighted by molar-refractivity contribution is 0.102. The van der Waals surface area contributed by atoms with Crippen LogP contribution in [0.3, 0.4) is 0 Å². The third kappa shape index (κ3) is 3.40. The van der Waals surface area contributed by atoms with E-state index in [-0.39, 0.29) is 22.8 Å². The van der Waals surface area contributed by atoms with Gasteiger partial charge in [0.15, 0.2) is 0 Å². The lowest BCUT2D eigenvalue weighted by atomic mass is 10.1. The lowest BCUT2D eigenvalue weighted by Crippen LogP contribution is -2.14. The summed E-state index contributed by atoms with van der Waals surface area (Å²) in [6.45, 7) is 0. The highest BCUT2D eigenvalue weighted by atomic mass is 19.1. The number of nitrogens with zero attached hydrogens (tertiary/aromatic N) is 5. The van der Waals surface area contributed by atoms with Gasteiger partial charge in [-0.2, -0.15) is 5.10 Å². The molecule has 3 aromatic heterocycles. The Bertz CT molecular complexity index is 1110. The Morgan fingerprint density at radius 3 is 2.81 bits per heavy atom. The van der Waals surface area contributed by atoms with Crippen molar-refractivity contribution in [2.45, 2.75) is 0 Å². The van der Waals surface area contributed by atoms with E-state index in [1.807, 2.05) is 0 Å². The molecule has 27 heavy (non-hydrogen) atoms. The molecule has 0 saturated heterocycles. The minimum absolute atomic E-state index is 0.0798. The molecule has 1 amide bonds. The van der Waals surface area contributed by atoms with E-state index < -0.39 is 17.5 Å². The van der Waals surface area contributed by atoms with Gasteiger partial charge in [0, 0.05) is 30.1 Å². The second-order valence-corrected chi connectivity index (χ2v) is 5.48. The van der Waals surface area contributed by atoms with Gasteiger partial charge in [-0.15, -0.1) is 0 Å². The van der Waals surface area contributed by atoms with Crippen molar-refractivity contribution in [2.75, 3.05) is 5.32 Å². The number of H-pyrrole nitrogens is 1. The minimum Gasteiger partial charge on any atom is -0.305 e. The molecule has 0 radical (unpaired) electrons. The number of hydrogen-bond acceptors (Lipinski definition) is 5. The molecule has 8 nitrogen and oxygen atoms in total. The Morgan fingerprint density at radius 1 is 1.15 bits per heavy atom. The van der Waals surface area contributed by atoms with Gasteiger partial charge >= 0.3 is 0 Å². The van der Waals surface area contributed by atoms with E-state index in [0.29, 0.717) is 5.82 Å². The van der Waals surface area contributed by atoms with Crippen molar-refractivity contribution in [3.05, 3.63) is 72.7 Å². The number of rotatable bonds is 4. The van der Waals surface area contributed by atoms with Gasteiger partial charge in [-0.3, -0.25) is 14.5 Å². The number of benzene rings is 1. The van der Waals surface area contributed by atoms with Crippen LogP contribution in [0.1, 0.15) is 10.5 Å². The standard InChI is InChI=1S/C17H11F2N7O/c18-10-1-2-11(12(19)5-10)13-6-14(25-24-13)17(27)23-15-7-16(22-8-21-15)26-4-3-20-9-26/h1-9H,(H,24,25)(H,21,22,23,27). The van der Waals surface area contributed by atoms with Gasteiger partial charge in [-0.05, 0) is 18.2 Å². The smallest absolute Gasteiger partial charge is 0.274 e. The molecule has 0 aliphatic rings. The predicted octanol–water partition coefficient (Wildman–Crippen LogP) is 2.58. The second kappa shape index (κ2) is 6.75. The van der Waals surface area contributed by atoms with Crippen molar-refractivity contribution in [1.29, 1.82) is 0 Å². The maximum absolute atomic E-state index is 13.9. The molecular formula is C17H11F2N7O. The van der Waals surface area contributed by atoms with Crippen LogP contribution in [0.4, 0.5) is 14.6 Å². The van der Waals surface area contributed by atoms with Crippen molar-refractivity contribution < 1.29 is 13.6 Å². The summed E-state index contributed by atoms with van der Waals surface area (Å²) in [6, 6.07) is 6.05. The molecular weight excluding hydrogens is 356 g/mol. The fourth-order valence-corrected chi connectivity index (χ4v) is 2.41. The van der Waals surface area contributed by atoms with Crippen molar-refractivity contribution in [3.8, 4) is 17.1 Å². The first-order valence-corrected chi connectivity index (χ1v) is 7.73. The number of hydrogen-bond donors (Lipinski definition) is 2. The Kier molecular flexibility index (Phi) is 4.13. The molecule has 2 N–H and O–H groups in total. The van der Waals surface area contributed by atoms with Crippen molar-refractivity contribution in [2.24, 2.45) is 0 Å². The van der Waals surface area contributed by atoms with E-state index in [9.17, 15) is 13.6 Å². The third-order valence-electron chi connectivity index (χ3n) is 3.69. The van der Waals surface area contributed by atoms with Crippen LogP contribution >= 0.6 is 0 Å². The second-order valence-electron chi connectivity index (χ2n) is 5.48. The molecule has 1 aromatic carbocycles. The van der Waals surface area contributed by atoms with Crippen LogP contribution in [0.5, 0.6) is 0 Å². The zero-order chi connectivity index (χ0) is 18.8. The molecule has 4 rings (SSSR count). The summed E-state index contributed by atoms with van der Waals surface area (Å²) < 4.78 is 28.5. The number of aromatic amines is 1. The van der Waals surface area contributed by atoms with E-state index in [2.05, 4.69) is 30.5 Å². The average molecular weight is 367 g/mol. The van der Waals surface area contributed by atoms with E-state index in [1.54, 1.807) is 29.4 Å².